The summed E-state index contributed by atoms with van der Waals surface area (Å²) in [4.78, 5) is 0. The molecule has 92 valence electrons. The lowest BCUT2D eigenvalue weighted by molar-refractivity contribution is -0.0574. The minimum Gasteiger partial charge on any atom is -0.394 e. The Bertz CT molecular complexity index is 454. The summed E-state index contributed by atoms with van der Waals surface area (Å²) in [6.45, 7) is -0.430. The van der Waals surface area contributed by atoms with E-state index in [1.807, 2.05) is 6.07 Å². The van der Waals surface area contributed by atoms with E-state index in [1.54, 1.807) is 0 Å². The molecular weight excluding hydrogens is 228 g/mol. The minimum atomic E-state index is -1.26. The molecule has 0 saturated carbocycles. The molecule has 0 spiro atoms. The zero-order chi connectivity index (χ0) is 12.6. The Morgan fingerprint density at radius 2 is 2.24 bits per heavy atom. The highest BCUT2D eigenvalue weighted by Gasteiger charge is 2.44. The van der Waals surface area contributed by atoms with Crippen LogP contribution >= 0.6 is 0 Å². The van der Waals surface area contributed by atoms with Crippen molar-refractivity contribution in [1.29, 1.82) is 5.26 Å². The van der Waals surface area contributed by atoms with Gasteiger partial charge in [0.25, 0.3) is 0 Å². The number of ether oxygens (including phenoxy) is 1. The van der Waals surface area contributed by atoms with Gasteiger partial charge in [0.1, 0.15) is 35.8 Å². The number of anilines is 1. The van der Waals surface area contributed by atoms with Gasteiger partial charge < -0.3 is 25.8 Å². The summed E-state index contributed by atoms with van der Waals surface area (Å²) in [5, 5.41) is 40.8. The molecule has 1 aliphatic heterocycles. The number of nitrogen functional groups attached to an aromatic ring is 1. The summed E-state index contributed by atoms with van der Waals surface area (Å²) in [5.41, 5.74) is 5.79. The van der Waals surface area contributed by atoms with Crippen LogP contribution in [0.15, 0.2) is 6.20 Å². The van der Waals surface area contributed by atoms with Crippen LogP contribution in [0, 0.1) is 11.3 Å². The van der Waals surface area contributed by atoms with Crippen LogP contribution in [-0.2, 0) is 4.74 Å². The predicted molar refractivity (Wildman–Crippen MR) is 54.4 cm³/mol. The third kappa shape index (κ3) is 1.75. The standard InChI is InChI=1S/C9H12N4O4/c10-1-4-2-12-13(8(4)11)9-7(16)6(15)5(3-14)17-9/h2,5-7,9,14-16H,3,11H2/t5-,6-,7-,9-/m0/s1. The number of aliphatic hydroxyl groups is 3. The van der Waals surface area contributed by atoms with Crippen molar-refractivity contribution >= 4 is 5.82 Å². The van der Waals surface area contributed by atoms with Gasteiger partial charge >= 0.3 is 0 Å². The molecule has 0 amide bonds. The van der Waals surface area contributed by atoms with E-state index in [9.17, 15) is 10.2 Å². The van der Waals surface area contributed by atoms with Crippen molar-refractivity contribution in [2.45, 2.75) is 24.5 Å². The van der Waals surface area contributed by atoms with Gasteiger partial charge in [-0.3, -0.25) is 0 Å². The number of aromatic nitrogens is 2. The third-order valence-corrected chi connectivity index (χ3v) is 2.71. The fourth-order valence-electron chi connectivity index (χ4n) is 1.74. The molecule has 0 radical (unpaired) electrons. The number of nitrogens with two attached hydrogens (primary N) is 1. The van der Waals surface area contributed by atoms with Crippen molar-refractivity contribution in [2.24, 2.45) is 0 Å². The number of hydrogen-bond acceptors (Lipinski definition) is 7. The maximum Gasteiger partial charge on any atom is 0.181 e. The van der Waals surface area contributed by atoms with Gasteiger partial charge in [0.15, 0.2) is 6.23 Å². The fourth-order valence-corrected chi connectivity index (χ4v) is 1.74. The van der Waals surface area contributed by atoms with E-state index < -0.39 is 31.1 Å². The lowest BCUT2D eigenvalue weighted by atomic mass is 10.1. The first-order valence-electron chi connectivity index (χ1n) is 4.95. The Morgan fingerprint density at radius 3 is 2.71 bits per heavy atom. The molecule has 0 unspecified atom stereocenters. The molecule has 0 aromatic carbocycles. The average molecular weight is 240 g/mol. The van der Waals surface area contributed by atoms with E-state index >= 15 is 0 Å². The Kier molecular flexibility index (Phi) is 2.99. The number of aliphatic hydroxyl groups excluding tert-OH is 3. The van der Waals surface area contributed by atoms with Crippen LogP contribution in [0.25, 0.3) is 0 Å². The maximum absolute atomic E-state index is 9.73. The summed E-state index contributed by atoms with van der Waals surface area (Å²) < 4.78 is 6.33. The predicted octanol–water partition coefficient (Wildman–Crippen LogP) is -2.05. The summed E-state index contributed by atoms with van der Waals surface area (Å²) in [6.07, 6.45) is -3.15. The van der Waals surface area contributed by atoms with E-state index in [0.29, 0.717) is 0 Å². The maximum atomic E-state index is 9.73. The molecular formula is C9H12N4O4. The van der Waals surface area contributed by atoms with Crippen molar-refractivity contribution in [2.75, 3.05) is 12.3 Å². The first-order chi connectivity index (χ1) is 8.10. The topological polar surface area (TPSA) is 138 Å². The van der Waals surface area contributed by atoms with Crippen molar-refractivity contribution in [3.63, 3.8) is 0 Å². The van der Waals surface area contributed by atoms with Crippen LogP contribution in [-0.4, -0.2) is 50.0 Å². The quantitative estimate of drug-likeness (QED) is 0.466. The van der Waals surface area contributed by atoms with Gasteiger partial charge in [0.2, 0.25) is 0 Å². The summed E-state index contributed by atoms with van der Waals surface area (Å²) in [5.74, 6) is 0.0438. The molecule has 2 rings (SSSR count). The van der Waals surface area contributed by atoms with Crippen LogP contribution in [0.1, 0.15) is 11.8 Å². The average Bonchev–Trinajstić information content (AvgIpc) is 2.82. The molecule has 4 atom stereocenters. The Balaban J connectivity index is 2.29. The van der Waals surface area contributed by atoms with Crippen molar-refractivity contribution in [1.82, 2.24) is 9.78 Å². The largest absolute Gasteiger partial charge is 0.394 e. The molecule has 0 bridgehead atoms. The van der Waals surface area contributed by atoms with E-state index in [4.69, 9.17) is 20.8 Å². The second-order valence-electron chi connectivity index (χ2n) is 3.73. The van der Waals surface area contributed by atoms with Gasteiger partial charge in [-0.2, -0.15) is 10.4 Å². The van der Waals surface area contributed by atoms with E-state index in [0.717, 1.165) is 4.68 Å². The smallest absolute Gasteiger partial charge is 0.181 e. The Labute approximate surface area is 96.5 Å². The Hall–Kier alpha value is -1.66. The second kappa shape index (κ2) is 4.31. The highest BCUT2D eigenvalue weighted by molar-refractivity contribution is 5.47. The van der Waals surface area contributed by atoms with Crippen molar-refractivity contribution in [3.05, 3.63) is 11.8 Å². The van der Waals surface area contributed by atoms with Crippen LogP contribution in [0.3, 0.4) is 0 Å². The third-order valence-electron chi connectivity index (χ3n) is 2.71. The van der Waals surface area contributed by atoms with Gasteiger partial charge in [0.05, 0.1) is 12.8 Å². The lowest BCUT2D eigenvalue weighted by Crippen LogP contribution is -2.33. The van der Waals surface area contributed by atoms with Gasteiger partial charge in [-0.15, -0.1) is 0 Å². The molecule has 1 fully saturated rings. The monoisotopic (exact) mass is 240 g/mol. The van der Waals surface area contributed by atoms with E-state index in [-0.39, 0.29) is 11.4 Å². The molecule has 1 aromatic rings. The van der Waals surface area contributed by atoms with Gasteiger partial charge in [-0.1, -0.05) is 0 Å². The molecule has 1 aromatic heterocycles. The van der Waals surface area contributed by atoms with Crippen LogP contribution < -0.4 is 5.73 Å². The molecule has 1 aliphatic rings. The zero-order valence-electron chi connectivity index (χ0n) is 8.76. The van der Waals surface area contributed by atoms with Crippen molar-refractivity contribution in [3.8, 4) is 6.07 Å². The Morgan fingerprint density at radius 1 is 1.53 bits per heavy atom. The van der Waals surface area contributed by atoms with Crippen LogP contribution in [0.4, 0.5) is 5.82 Å². The highest BCUT2D eigenvalue weighted by atomic mass is 16.6. The lowest BCUT2D eigenvalue weighted by Gasteiger charge is -2.16. The van der Waals surface area contributed by atoms with Gasteiger partial charge in [-0.25, -0.2) is 4.68 Å². The summed E-state index contributed by atoms with van der Waals surface area (Å²) in [7, 11) is 0. The normalized spacial score (nSPS) is 32.6. The number of rotatable bonds is 2. The van der Waals surface area contributed by atoms with Crippen LogP contribution in [0.5, 0.6) is 0 Å². The van der Waals surface area contributed by atoms with Gasteiger partial charge in [0, 0.05) is 0 Å². The minimum absolute atomic E-state index is 0.0438. The van der Waals surface area contributed by atoms with Gasteiger partial charge in [-0.05, 0) is 0 Å². The molecule has 0 aliphatic carbocycles. The van der Waals surface area contributed by atoms with E-state index in [1.165, 1.54) is 6.20 Å². The first kappa shape index (κ1) is 11.8. The van der Waals surface area contributed by atoms with E-state index in [2.05, 4.69) is 5.10 Å². The summed E-state index contributed by atoms with van der Waals surface area (Å²) in [6, 6.07) is 1.83. The van der Waals surface area contributed by atoms with Crippen molar-refractivity contribution < 1.29 is 20.1 Å². The first-order valence-corrected chi connectivity index (χ1v) is 4.95. The number of hydrogen-bond donors (Lipinski definition) is 4. The molecule has 17 heavy (non-hydrogen) atoms. The zero-order valence-corrected chi connectivity index (χ0v) is 8.76. The molecule has 5 N–H and O–H groups in total. The number of nitriles is 1. The van der Waals surface area contributed by atoms with Crippen LogP contribution in [0.2, 0.25) is 0 Å². The molecule has 1 saturated heterocycles. The fraction of sp³-hybridized carbons (Fsp3) is 0.556. The highest BCUT2D eigenvalue weighted by Crippen LogP contribution is 2.31. The SMILES string of the molecule is N#Cc1cnn([C@H]2O[C@@H](CO)[C@H](O)[C@@H]2O)c1N. The molecule has 2 heterocycles. The molecule has 8 heteroatoms. The molecule has 8 nitrogen and oxygen atoms in total. The number of nitrogens with zero attached hydrogens (tertiary/aromatic N) is 3. The summed E-state index contributed by atoms with van der Waals surface area (Å²) >= 11 is 0. The second-order valence-corrected chi connectivity index (χ2v) is 3.73.